The second-order valence-corrected chi connectivity index (χ2v) is 5.35. The molecule has 0 aromatic heterocycles. The molecule has 0 aliphatic carbocycles. The summed E-state index contributed by atoms with van der Waals surface area (Å²) in [5.41, 5.74) is -0.731. The highest BCUT2D eigenvalue weighted by atomic mass is 35.5. The zero-order valence-corrected chi connectivity index (χ0v) is 12.5. The first kappa shape index (κ1) is 15.7. The van der Waals surface area contributed by atoms with E-state index in [0.29, 0.717) is 0 Å². The Bertz CT molecular complexity index is 936. The molecule has 0 saturated carbocycles. The molecule has 1 heterocycles. The zero-order chi connectivity index (χ0) is 17.6. The number of carbonyl (C=O) groups excluding carboxylic acids is 4. The fourth-order valence-corrected chi connectivity index (χ4v) is 2.61. The summed E-state index contributed by atoms with van der Waals surface area (Å²) in [7, 11) is 0. The van der Waals surface area contributed by atoms with E-state index in [1.165, 1.54) is 18.2 Å². The SMILES string of the molecule is O=C([O-])c1ccc2c(c1)C(=O)N(c1ccc(Cl)c(C(=O)[O-])c1)C2=O. The van der Waals surface area contributed by atoms with Crippen LogP contribution >= 0.6 is 11.6 Å². The molecule has 0 spiro atoms. The van der Waals surface area contributed by atoms with Crippen LogP contribution in [0.5, 0.6) is 0 Å². The van der Waals surface area contributed by atoms with Crippen LogP contribution in [0.1, 0.15) is 41.4 Å². The van der Waals surface area contributed by atoms with Crippen LogP contribution in [-0.4, -0.2) is 23.8 Å². The Balaban J connectivity index is 2.10. The summed E-state index contributed by atoms with van der Waals surface area (Å²) in [5, 5.41) is 21.8. The third-order valence-electron chi connectivity index (χ3n) is 3.55. The molecule has 7 nitrogen and oxygen atoms in total. The van der Waals surface area contributed by atoms with Gasteiger partial charge >= 0.3 is 0 Å². The number of imide groups is 1. The number of halogens is 1. The van der Waals surface area contributed by atoms with E-state index in [2.05, 4.69) is 0 Å². The lowest BCUT2D eigenvalue weighted by Crippen LogP contribution is -2.30. The molecule has 120 valence electrons. The molecule has 24 heavy (non-hydrogen) atoms. The van der Waals surface area contributed by atoms with Crippen LogP contribution in [0, 0.1) is 0 Å². The molecule has 2 amide bonds. The van der Waals surface area contributed by atoms with Gasteiger partial charge in [0, 0.05) is 10.6 Å². The summed E-state index contributed by atoms with van der Waals surface area (Å²) in [6.45, 7) is 0. The van der Waals surface area contributed by atoms with Crippen LogP contribution in [-0.2, 0) is 0 Å². The van der Waals surface area contributed by atoms with Gasteiger partial charge in [-0.2, -0.15) is 0 Å². The molecule has 0 fully saturated rings. The Kier molecular flexibility index (Phi) is 3.57. The average molecular weight is 344 g/mol. The number of anilines is 1. The van der Waals surface area contributed by atoms with Gasteiger partial charge in [-0.15, -0.1) is 0 Å². The van der Waals surface area contributed by atoms with Gasteiger partial charge < -0.3 is 19.8 Å². The molecule has 0 bridgehead atoms. The Hall–Kier alpha value is -3.19. The number of carbonyl (C=O) groups is 4. The fraction of sp³-hybridized carbons (Fsp3) is 0. The molecule has 3 rings (SSSR count). The highest BCUT2D eigenvalue weighted by Crippen LogP contribution is 2.31. The van der Waals surface area contributed by atoms with E-state index in [9.17, 15) is 29.4 Å². The predicted molar refractivity (Wildman–Crippen MR) is 77.7 cm³/mol. The molecular weight excluding hydrogens is 338 g/mol. The van der Waals surface area contributed by atoms with Gasteiger partial charge in [-0.25, -0.2) is 4.90 Å². The van der Waals surface area contributed by atoms with Crippen LogP contribution < -0.4 is 15.1 Å². The van der Waals surface area contributed by atoms with Crippen molar-refractivity contribution in [2.24, 2.45) is 0 Å². The van der Waals surface area contributed by atoms with Crippen LogP contribution in [0.2, 0.25) is 5.02 Å². The maximum absolute atomic E-state index is 12.4. The largest absolute Gasteiger partial charge is 0.545 e. The van der Waals surface area contributed by atoms with E-state index in [1.807, 2.05) is 0 Å². The van der Waals surface area contributed by atoms with E-state index in [1.54, 1.807) is 0 Å². The fourth-order valence-electron chi connectivity index (χ4n) is 2.41. The normalized spacial score (nSPS) is 13.1. The highest BCUT2D eigenvalue weighted by Gasteiger charge is 2.37. The van der Waals surface area contributed by atoms with Crippen LogP contribution in [0.15, 0.2) is 36.4 Å². The van der Waals surface area contributed by atoms with Crippen molar-refractivity contribution in [3.05, 3.63) is 63.7 Å². The highest BCUT2D eigenvalue weighted by molar-refractivity contribution is 6.36. The number of rotatable bonds is 3. The number of nitrogens with zero attached hydrogens (tertiary/aromatic N) is 1. The van der Waals surface area contributed by atoms with Crippen molar-refractivity contribution in [2.45, 2.75) is 0 Å². The molecule has 1 aliphatic heterocycles. The summed E-state index contributed by atoms with van der Waals surface area (Å²) in [6.07, 6.45) is 0. The van der Waals surface area contributed by atoms with Gasteiger partial charge in [0.25, 0.3) is 11.8 Å². The molecule has 8 heteroatoms. The molecule has 0 unspecified atom stereocenters. The molecule has 0 saturated heterocycles. The summed E-state index contributed by atoms with van der Waals surface area (Å²) in [4.78, 5) is 47.5. The van der Waals surface area contributed by atoms with Crippen molar-refractivity contribution in [3.8, 4) is 0 Å². The molecule has 0 atom stereocenters. The van der Waals surface area contributed by atoms with E-state index in [0.717, 1.165) is 23.1 Å². The molecular formula is C16H6ClNO6-2. The van der Waals surface area contributed by atoms with Crippen LogP contribution in [0.4, 0.5) is 5.69 Å². The number of carboxylic acids is 2. The van der Waals surface area contributed by atoms with Gasteiger partial charge in [-0.05, 0) is 35.9 Å². The molecule has 0 radical (unpaired) electrons. The number of hydrogen-bond donors (Lipinski definition) is 0. The second kappa shape index (κ2) is 5.47. The van der Waals surface area contributed by atoms with Crippen molar-refractivity contribution in [1.29, 1.82) is 0 Å². The van der Waals surface area contributed by atoms with Gasteiger partial charge in [-0.1, -0.05) is 17.7 Å². The minimum Gasteiger partial charge on any atom is -0.545 e. The Morgan fingerprint density at radius 1 is 0.875 bits per heavy atom. The standard InChI is InChI=1S/C16H8ClNO6/c17-12-4-2-8(6-11(12)16(23)24)18-13(19)9-3-1-7(15(21)22)5-10(9)14(18)20/h1-6H,(H,21,22)(H,23,24)/p-2. The van der Waals surface area contributed by atoms with Gasteiger partial charge in [-0.3, -0.25) is 9.59 Å². The molecule has 0 N–H and O–H groups in total. The first-order valence-corrected chi connectivity index (χ1v) is 6.94. The Morgan fingerprint density at radius 3 is 2.17 bits per heavy atom. The van der Waals surface area contributed by atoms with Crippen molar-refractivity contribution in [3.63, 3.8) is 0 Å². The summed E-state index contributed by atoms with van der Waals surface area (Å²) in [5.74, 6) is -4.52. The van der Waals surface area contributed by atoms with Crippen LogP contribution in [0.3, 0.4) is 0 Å². The smallest absolute Gasteiger partial charge is 0.266 e. The van der Waals surface area contributed by atoms with Crippen molar-refractivity contribution in [1.82, 2.24) is 0 Å². The number of hydrogen-bond acceptors (Lipinski definition) is 6. The number of carboxylic acid groups (broad SMARTS) is 2. The minimum atomic E-state index is -1.56. The van der Waals surface area contributed by atoms with Crippen molar-refractivity contribution in [2.75, 3.05) is 4.90 Å². The van der Waals surface area contributed by atoms with Crippen LogP contribution in [0.25, 0.3) is 0 Å². The first-order chi connectivity index (χ1) is 11.3. The van der Waals surface area contributed by atoms with Gasteiger partial charge in [0.1, 0.15) is 0 Å². The molecule has 2 aromatic carbocycles. The molecule has 1 aliphatic rings. The van der Waals surface area contributed by atoms with E-state index >= 15 is 0 Å². The predicted octanol–water partition coefficient (Wildman–Crippen LogP) is -0.132. The zero-order valence-electron chi connectivity index (χ0n) is 11.7. The number of aromatic carboxylic acids is 2. The monoisotopic (exact) mass is 343 g/mol. The lowest BCUT2D eigenvalue weighted by Gasteiger charge is -2.16. The summed E-state index contributed by atoms with van der Waals surface area (Å²) in [6, 6.07) is 6.96. The van der Waals surface area contributed by atoms with E-state index in [4.69, 9.17) is 11.6 Å². The maximum atomic E-state index is 12.4. The first-order valence-electron chi connectivity index (χ1n) is 6.56. The lowest BCUT2D eigenvalue weighted by molar-refractivity contribution is -0.256. The lowest BCUT2D eigenvalue weighted by atomic mass is 10.1. The quantitative estimate of drug-likeness (QED) is 0.716. The van der Waals surface area contributed by atoms with Crippen molar-refractivity contribution >= 4 is 41.0 Å². The topological polar surface area (TPSA) is 118 Å². The second-order valence-electron chi connectivity index (χ2n) is 4.95. The van der Waals surface area contributed by atoms with Gasteiger partial charge in [0.2, 0.25) is 0 Å². The number of fused-ring (bicyclic) bond motifs is 1. The van der Waals surface area contributed by atoms with Crippen molar-refractivity contribution < 1.29 is 29.4 Å². The van der Waals surface area contributed by atoms with E-state index < -0.39 is 23.8 Å². The summed E-state index contributed by atoms with van der Waals surface area (Å²) < 4.78 is 0. The number of amides is 2. The van der Waals surface area contributed by atoms with Gasteiger partial charge in [0.15, 0.2) is 0 Å². The van der Waals surface area contributed by atoms with E-state index in [-0.39, 0.29) is 33.0 Å². The third-order valence-corrected chi connectivity index (χ3v) is 3.88. The number of benzene rings is 2. The maximum Gasteiger partial charge on any atom is 0.266 e. The Labute approximate surface area is 139 Å². The Morgan fingerprint density at radius 2 is 1.54 bits per heavy atom. The summed E-state index contributed by atoms with van der Waals surface area (Å²) >= 11 is 5.73. The molecule has 2 aromatic rings. The minimum absolute atomic E-state index is 0.00921. The average Bonchev–Trinajstić information content (AvgIpc) is 2.79. The van der Waals surface area contributed by atoms with Gasteiger partial charge in [0.05, 0.1) is 28.8 Å². The third kappa shape index (κ3) is 2.31.